The predicted molar refractivity (Wildman–Crippen MR) is 95.7 cm³/mol. The number of rotatable bonds is 6. The summed E-state index contributed by atoms with van der Waals surface area (Å²) in [5.74, 6) is -0.592. The first-order chi connectivity index (χ1) is 10.1. The fraction of sp³-hybridized carbons (Fsp3) is 0.500. The summed E-state index contributed by atoms with van der Waals surface area (Å²) in [6, 6.07) is 6.67. The Morgan fingerprint density at radius 2 is 1.91 bits per heavy atom. The second-order valence-electron chi connectivity index (χ2n) is 6.17. The summed E-state index contributed by atoms with van der Waals surface area (Å²) in [5, 5.41) is 6.02. The van der Waals surface area contributed by atoms with Crippen LogP contribution in [0.2, 0.25) is 5.02 Å². The van der Waals surface area contributed by atoms with E-state index in [1.165, 1.54) is 0 Å². The molecule has 1 atom stereocenters. The monoisotopic (exact) mass is 361 g/mol. The zero-order chi connectivity index (χ0) is 16.9. The fourth-order valence-electron chi connectivity index (χ4n) is 1.93. The van der Waals surface area contributed by atoms with Gasteiger partial charge in [-0.25, -0.2) is 0 Å². The SMILES string of the molecule is CC(C)[C@H](N)C(=O)NCC(=O)NC(C)(C)c1cccc(Cl)c1.Cl. The van der Waals surface area contributed by atoms with Gasteiger partial charge in [-0.05, 0) is 37.5 Å². The minimum absolute atomic E-state index is 0. The molecule has 5 nitrogen and oxygen atoms in total. The van der Waals surface area contributed by atoms with E-state index in [4.69, 9.17) is 17.3 Å². The van der Waals surface area contributed by atoms with Gasteiger partial charge in [-0.1, -0.05) is 37.6 Å². The van der Waals surface area contributed by atoms with Crippen molar-refractivity contribution in [3.05, 3.63) is 34.9 Å². The van der Waals surface area contributed by atoms with Crippen molar-refractivity contribution in [3.63, 3.8) is 0 Å². The van der Waals surface area contributed by atoms with Gasteiger partial charge in [0.15, 0.2) is 0 Å². The lowest BCUT2D eigenvalue weighted by molar-refractivity contribution is -0.128. The summed E-state index contributed by atoms with van der Waals surface area (Å²) in [4.78, 5) is 23.7. The van der Waals surface area contributed by atoms with Gasteiger partial charge < -0.3 is 16.4 Å². The third kappa shape index (κ3) is 6.77. The summed E-state index contributed by atoms with van der Waals surface area (Å²) in [5.41, 5.74) is 6.02. The van der Waals surface area contributed by atoms with Crippen LogP contribution < -0.4 is 16.4 Å². The van der Waals surface area contributed by atoms with Crippen LogP contribution in [0.25, 0.3) is 0 Å². The number of nitrogens with two attached hydrogens (primary N) is 1. The first kappa shape index (κ1) is 21.7. The fourth-order valence-corrected chi connectivity index (χ4v) is 2.12. The van der Waals surface area contributed by atoms with E-state index in [0.29, 0.717) is 5.02 Å². The van der Waals surface area contributed by atoms with Gasteiger partial charge in [0.1, 0.15) is 0 Å². The molecule has 23 heavy (non-hydrogen) atoms. The Labute approximate surface area is 148 Å². The lowest BCUT2D eigenvalue weighted by Crippen LogP contribution is -2.50. The normalized spacial score (nSPS) is 12.3. The Morgan fingerprint density at radius 1 is 1.30 bits per heavy atom. The van der Waals surface area contributed by atoms with Crippen molar-refractivity contribution in [1.82, 2.24) is 10.6 Å². The van der Waals surface area contributed by atoms with Gasteiger partial charge in [0.2, 0.25) is 11.8 Å². The van der Waals surface area contributed by atoms with Gasteiger partial charge in [0, 0.05) is 5.02 Å². The van der Waals surface area contributed by atoms with Crippen molar-refractivity contribution < 1.29 is 9.59 Å². The maximum absolute atomic E-state index is 12.0. The van der Waals surface area contributed by atoms with Gasteiger partial charge in [0.05, 0.1) is 18.1 Å². The zero-order valence-corrected chi connectivity index (χ0v) is 15.4. The van der Waals surface area contributed by atoms with Gasteiger partial charge in [-0.2, -0.15) is 0 Å². The highest BCUT2D eigenvalue weighted by atomic mass is 35.5. The van der Waals surface area contributed by atoms with E-state index in [-0.39, 0.29) is 36.7 Å². The standard InChI is InChI=1S/C16H24ClN3O2.ClH/c1-10(2)14(18)15(22)19-9-13(21)20-16(3,4)11-6-5-7-12(17)8-11;/h5-8,10,14H,9,18H2,1-4H3,(H,19,22)(H,20,21);1H/t14-;/m0./s1. The predicted octanol–water partition coefficient (Wildman–Crippen LogP) is 2.21. The van der Waals surface area contributed by atoms with Crippen LogP contribution in [0.4, 0.5) is 0 Å². The van der Waals surface area contributed by atoms with Crippen molar-refractivity contribution >= 4 is 35.8 Å². The Balaban J connectivity index is 0.00000484. The second-order valence-corrected chi connectivity index (χ2v) is 6.61. The summed E-state index contributed by atoms with van der Waals surface area (Å²) in [7, 11) is 0. The van der Waals surface area contributed by atoms with Gasteiger partial charge in [-0.15, -0.1) is 12.4 Å². The van der Waals surface area contributed by atoms with Gasteiger partial charge >= 0.3 is 0 Å². The van der Waals surface area contributed by atoms with E-state index in [1.54, 1.807) is 12.1 Å². The number of hydrogen-bond acceptors (Lipinski definition) is 3. The molecule has 0 aliphatic carbocycles. The molecule has 0 saturated carbocycles. The van der Waals surface area contributed by atoms with E-state index in [0.717, 1.165) is 5.56 Å². The van der Waals surface area contributed by atoms with Crippen LogP contribution in [0, 0.1) is 5.92 Å². The lowest BCUT2D eigenvalue weighted by Gasteiger charge is -2.27. The number of carbonyl (C=O) groups excluding carboxylic acids is 2. The third-order valence-electron chi connectivity index (χ3n) is 3.44. The first-order valence-corrected chi connectivity index (χ1v) is 7.61. The minimum Gasteiger partial charge on any atom is -0.346 e. The molecule has 0 unspecified atom stereocenters. The van der Waals surface area contributed by atoms with Crippen LogP contribution in [0.15, 0.2) is 24.3 Å². The molecule has 0 aromatic heterocycles. The second kappa shape index (κ2) is 9.11. The first-order valence-electron chi connectivity index (χ1n) is 7.24. The zero-order valence-electron chi connectivity index (χ0n) is 13.9. The molecule has 1 aromatic rings. The molecule has 0 bridgehead atoms. The van der Waals surface area contributed by atoms with Crippen molar-refractivity contribution in [1.29, 1.82) is 0 Å². The summed E-state index contributed by atoms with van der Waals surface area (Å²) >= 11 is 5.97. The van der Waals surface area contributed by atoms with E-state index in [2.05, 4.69) is 10.6 Å². The van der Waals surface area contributed by atoms with E-state index in [1.807, 2.05) is 39.8 Å². The molecule has 0 heterocycles. The Hall–Kier alpha value is -1.30. The maximum atomic E-state index is 12.0. The van der Waals surface area contributed by atoms with E-state index < -0.39 is 11.6 Å². The highest BCUT2D eigenvalue weighted by Gasteiger charge is 2.24. The molecule has 0 saturated heterocycles. The van der Waals surface area contributed by atoms with Crippen molar-refractivity contribution in [2.75, 3.05) is 6.54 Å². The smallest absolute Gasteiger partial charge is 0.240 e. The third-order valence-corrected chi connectivity index (χ3v) is 3.68. The van der Waals surface area contributed by atoms with Crippen LogP contribution in [-0.4, -0.2) is 24.4 Å². The van der Waals surface area contributed by atoms with Crippen LogP contribution in [0.3, 0.4) is 0 Å². The number of hydrogen-bond donors (Lipinski definition) is 3. The molecule has 0 fully saturated rings. The molecule has 0 aliphatic heterocycles. The molecule has 0 radical (unpaired) electrons. The molecule has 1 rings (SSSR count). The Kier molecular flexibility index (Phi) is 8.59. The van der Waals surface area contributed by atoms with Crippen molar-refractivity contribution in [2.45, 2.75) is 39.3 Å². The molecule has 0 aliphatic rings. The molecular formula is C16H25Cl2N3O2. The van der Waals surface area contributed by atoms with E-state index >= 15 is 0 Å². The summed E-state index contributed by atoms with van der Waals surface area (Å²) < 4.78 is 0. The molecule has 130 valence electrons. The van der Waals surface area contributed by atoms with Crippen molar-refractivity contribution in [3.8, 4) is 0 Å². The van der Waals surface area contributed by atoms with Gasteiger partial charge in [0.25, 0.3) is 0 Å². The Morgan fingerprint density at radius 3 is 2.43 bits per heavy atom. The quantitative estimate of drug-likeness (QED) is 0.726. The van der Waals surface area contributed by atoms with Crippen LogP contribution >= 0.6 is 24.0 Å². The van der Waals surface area contributed by atoms with Crippen LogP contribution in [0.5, 0.6) is 0 Å². The molecular weight excluding hydrogens is 337 g/mol. The average Bonchev–Trinajstić information content (AvgIpc) is 2.43. The largest absolute Gasteiger partial charge is 0.346 e. The molecule has 4 N–H and O–H groups in total. The van der Waals surface area contributed by atoms with Crippen molar-refractivity contribution in [2.24, 2.45) is 11.7 Å². The minimum atomic E-state index is -0.617. The van der Waals surface area contributed by atoms with Crippen LogP contribution in [-0.2, 0) is 15.1 Å². The average molecular weight is 362 g/mol. The molecule has 7 heteroatoms. The maximum Gasteiger partial charge on any atom is 0.240 e. The lowest BCUT2D eigenvalue weighted by atomic mass is 9.94. The number of nitrogens with one attached hydrogen (secondary N) is 2. The highest BCUT2D eigenvalue weighted by molar-refractivity contribution is 6.30. The topological polar surface area (TPSA) is 84.2 Å². The van der Waals surface area contributed by atoms with Crippen LogP contribution in [0.1, 0.15) is 33.3 Å². The van der Waals surface area contributed by atoms with E-state index in [9.17, 15) is 9.59 Å². The number of benzene rings is 1. The number of halogens is 2. The molecule has 0 spiro atoms. The molecule has 1 aromatic carbocycles. The molecule has 2 amide bonds. The summed E-state index contributed by atoms with van der Waals surface area (Å²) in [6.45, 7) is 7.35. The summed E-state index contributed by atoms with van der Waals surface area (Å²) in [6.07, 6.45) is 0. The Bertz CT molecular complexity index is 548. The number of amides is 2. The highest BCUT2D eigenvalue weighted by Crippen LogP contribution is 2.22. The number of carbonyl (C=O) groups is 2. The van der Waals surface area contributed by atoms with Gasteiger partial charge in [-0.3, -0.25) is 9.59 Å².